The fraction of sp³-hybridized carbons (Fsp3) is 0.0526. The van der Waals surface area contributed by atoms with Crippen molar-refractivity contribution in [2.75, 3.05) is 4.90 Å². The van der Waals surface area contributed by atoms with Crippen LogP contribution in [0.3, 0.4) is 0 Å². The number of anilines is 2. The van der Waals surface area contributed by atoms with Gasteiger partial charge in [0.15, 0.2) is 0 Å². The maximum atomic E-state index is 3.94. The van der Waals surface area contributed by atoms with Gasteiger partial charge < -0.3 is 4.90 Å². The van der Waals surface area contributed by atoms with Crippen LogP contribution in [0.4, 0.5) is 11.4 Å². The molecule has 0 amide bonds. The highest BCUT2D eigenvalue weighted by molar-refractivity contribution is 5.87. The molecule has 0 heterocycles. The quantitative estimate of drug-likeness (QED) is 0.606. The van der Waals surface area contributed by atoms with Gasteiger partial charge in [0.05, 0.1) is 0 Å². The fourth-order valence-corrected chi connectivity index (χ4v) is 2.39. The second kappa shape index (κ2) is 5.22. The normalized spacial score (nSPS) is 10.4. The van der Waals surface area contributed by atoms with E-state index in [-0.39, 0.29) is 0 Å². The highest BCUT2D eigenvalue weighted by atomic mass is 15.1. The Labute approximate surface area is 119 Å². The first kappa shape index (κ1) is 12.5. The predicted molar refractivity (Wildman–Crippen MR) is 87.5 cm³/mol. The molecule has 0 radical (unpaired) electrons. The van der Waals surface area contributed by atoms with Crippen LogP contribution in [0.25, 0.3) is 10.8 Å². The van der Waals surface area contributed by atoms with Crippen LogP contribution in [-0.4, -0.2) is 0 Å². The number of aryl methyl sites for hydroxylation is 1. The molecule has 3 aromatic rings. The molecule has 0 N–H and O–H groups in total. The van der Waals surface area contributed by atoms with E-state index in [0.717, 1.165) is 11.4 Å². The number of nitrogens with zero attached hydrogens (tertiary/aromatic N) is 1. The van der Waals surface area contributed by atoms with Crippen molar-refractivity contribution >= 4 is 22.1 Å². The summed E-state index contributed by atoms with van der Waals surface area (Å²) in [6, 6.07) is 23.3. The summed E-state index contributed by atoms with van der Waals surface area (Å²) < 4.78 is 0. The Hall–Kier alpha value is -2.54. The average Bonchev–Trinajstić information content (AvgIpc) is 2.50. The molecule has 1 heteroatoms. The summed E-state index contributed by atoms with van der Waals surface area (Å²) in [5.74, 6) is 0. The third-order valence-electron chi connectivity index (χ3n) is 3.51. The second-order valence-corrected chi connectivity index (χ2v) is 4.92. The molecule has 0 unspecified atom stereocenters. The van der Waals surface area contributed by atoms with Gasteiger partial charge in [-0.15, -0.1) is 0 Å². The molecule has 3 aromatic carbocycles. The number of hydrogen-bond acceptors (Lipinski definition) is 1. The zero-order chi connectivity index (χ0) is 13.9. The number of benzene rings is 3. The van der Waals surface area contributed by atoms with Gasteiger partial charge in [0.25, 0.3) is 0 Å². The monoisotopic (exact) mass is 259 g/mol. The summed E-state index contributed by atoms with van der Waals surface area (Å²) in [5.41, 5.74) is 3.51. The Kier molecular flexibility index (Phi) is 3.26. The number of fused-ring (bicyclic) bond motifs is 1. The van der Waals surface area contributed by atoms with Gasteiger partial charge in [0, 0.05) is 17.6 Å². The molecule has 0 aromatic heterocycles. The SMILES string of the molecule is C=CN(c1ccc(C)cc1)c1ccc2ccccc2c1. The lowest BCUT2D eigenvalue weighted by atomic mass is 10.1. The Morgan fingerprint density at radius 2 is 1.45 bits per heavy atom. The summed E-state index contributed by atoms with van der Waals surface area (Å²) in [5, 5.41) is 2.49. The second-order valence-electron chi connectivity index (χ2n) is 4.92. The van der Waals surface area contributed by atoms with Gasteiger partial charge in [-0.1, -0.05) is 54.6 Å². The minimum Gasteiger partial charge on any atom is -0.318 e. The van der Waals surface area contributed by atoms with E-state index in [1.165, 1.54) is 16.3 Å². The molecular formula is C19H17N. The Bertz CT molecular complexity index is 741. The van der Waals surface area contributed by atoms with E-state index >= 15 is 0 Å². The largest absolute Gasteiger partial charge is 0.318 e. The molecule has 0 aliphatic rings. The molecule has 1 nitrogen and oxygen atoms in total. The maximum absolute atomic E-state index is 3.94. The molecule has 0 saturated heterocycles. The molecule has 0 saturated carbocycles. The van der Waals surface area contributed by atoms with Crippen molar-refractivity contribution in [3.8, 4) is 0 Å². The topological polar surface area (TPSA) is 3.24 Å². The van der Waals surface area contributed by atoms with Crippen LogP contribution in [0.5, 0.6) is 0 Å². The van der Waals surface area contributed by atoms with E-state index in [4.69, 9.17) is 0 Å². The van der Waals surface area contributed by atoms with E-state index in [2.05, 4.69) is 85.1 Å². The molecule has 0 aliphatic carbocycles. The van der Waals surface area contributed by atoms with Gasteiger partial charge in [-0.05, 0) is 42.0 Å². The van der Waals surface area contributed by atoms with Crippen LogP contribution >= 0.6 is 0 Å². The van der Waals surface area contributed by atoms with E-state index in [1.54, 1.807) is 0 Å². The van der Waals surface area contributed by atoms with Crippen LogP contribution in [0.1, 0.15) is 5.56 Å². The summed E-state index contributed by atoms with van der Waals surface area (Å²) in [6.45, 7) is 6.04. The van der Waals surface area contributed by atoms with Gasteiger partial charge in [0.1, 0.15) is 0 Å². The first-order valence-corrected chi connectivity index (χ1v) is 6.75. The Morgan fingerprint density at radius 1 is 0.800 bits per heavy atom. The smallest absolute Gasteiger partial charge is 0.0461 e. The average molecular weight is 259 g/mol. The van der Waals surface area contributed by atoms with Crippen molar-refractivity contribution in [1.29, 1.82) is 0 Å². The third kappa shape index (κ3) is 2.30. The lowest BCUT2D eigenvalue weighted by Crippen LogP contribution is -2.07. The summed E-state index contributed by atoms with van der Waals surface area (Å²) in [6.07, 6.45) is 1.86. The predicted octanol–water partition coefficient (Wildman–Crippen LogP) is 5.43. The summed E-state index contributed by atoms with van der Waals surface area (Å²) >= 11 is 0. The fourth-order valence-electron chi connectivity index (χ4n) is 2.39. The number of rotatable bonds is 3. The van der Waals surface area contributed by atoms with Crippen LogP contribution in [0.2, 0.25) is 0 Å². The van der Waals surface area contributed by atoms with Gasteiger partial charge in [-0.25, -0.2) is 0 Å². The van der Waals surface area contributed by atoms with Crippen LogP contribution in [-0.2, 0) is 0 Å². The van der Waals surface area contributed by atoms with Crippen molar-refractivity contribution in [2.24, 2.45) is 0 Å². The van der Waals surface area contributed by atoms with E-state index in [1.807, 2.05) is 6.20 Å². The molecule has 20 heavy (non-hydrogen) atoms. The van der Waals surface area contributed by atoms with Crippen molar-refractivity contribution in [2.45, 2.75) is 6.92 Å². The van der Waals surface area contributed by atoms with Gasteiger partial charge in [-0.3, -0.25) is 0 Å². The lowest BCUT2D eigenvalue weighted by Gasteiger charge is -2.21. The zero-order valence-electron chi connectivity index (χ0n) is 11.6. The first-order valence-electron chi connectivity index (χ1n) is 6.75. The van der Waals surface area contributed by atoms with Gasteiger partial charge in [-0.2, -0.15) is 0 Å². The number of hydrogen-bond donors (Lipinski definition) is 0. The summed E-state index contributed by atoms with van der Waals surface area (Å²) in [4.78, 5) is 2.10. The molecule has 0 spiro atoms. The molecule has 0 aliphatic heterocycles. The van der Waals surface area contributed by atoms with E-state index in [9.17, 15) is 0 Å². The van der Waals surface area contributed by atoms with Crippen molar-refractivity contribution in [1.82, 2.24) is 0 Å². The van der Waals surface area contributed by atoms with Crippen molar-refractivity contribution < 1.29 is 0 Å². The summed E-state index contributed by atoms with van der Waals surface area (Å²) in [7, 11) is 0. The minimum absolute atomic E-state index is 1.13. The molecule has 0 atom stereocenters. The van der Waals surface area contributed by atoms with E-state index in [0.29, 0.717) is 0 Å². The molecule has 98 valence electrons. The Morgan fingerprint density at radius 3 is 2.15 bits per heavy atom. The first-order chi connectivity index (χ1) is 9.78. The molecule has 0 fully saturated rings. The molecule has 3 rings (SSSR count). The van der Waals surface area contributed by atoms with E-state index < -0.39 is 0 Å². The highest BCUT2D eigenvalue weighted by Gasteiger charge is 2.06. The standard InChI is InChI=1S/C19H17N/c1-3-20(18-11-8-15(2)9-12-18)19-13-10-16-6-4-5-7-17(16)14-19/h3-14H,1H2,2H3. The molecule has 0 bridgehead atoms. The van der Waals surface area contributed by atoms with Crippen LogP contribution in [0.15, 0.2) is 79.5 Å². The highest BCUT2D eigenvalue weighted by Crippen LogP contribution is 2.28. The lowest BCUT2D eigenvalue weighted by molar-refractivity contribution is 1.29. The molecular weight excluding hydrogens is 242 g/mol. The zero-order valence-corrected chi connectivity index (χ0v) is 11.6. The third-order valence-corrected chi connectivity index (χ3v) is 3.51. The minimum atomic E-state index is 1.13. The van der Waals surface area contributed by atoms with Crippen molar-refractivity contribution in [3.05, 3.63) is 85.1 Å². The van der Waals surface area contributed by atoms with Gasteiger partial charge >= 0.3 is 0 Å². The Balaban J connectivity index is 2.06. The van der Waals surface area contributed by atoms with Crippen LogP contribution in [0, 0.1) is 6.92 Å². The van der Waals surface area contributed by atoms with Crippen LogP contribution < -0.4 is 4.90 Å². The van der Waals surface area contributed by atoms with Crippen molar-refractivity contribution in [3.63, 3.8) is 0 Å². The maximum Gasteiger partial charge on any atom is 0.0461 e. The van der Waals surface area contributed by atoms with Gasteiger partial charge in [0.2, 0.25) is 0 Å².